The van der Waals surface area contributed by atoms with Crippen LogP contribution in [0.2, 0.25) is 0 Å². The van der Waals surface area contributed by atoms with Crippen LogP contribution >= 0.6 is 0 Å². The molecule has 1 N–H and O–H groups in total. The monoisotopic (exact) mass is 320 g/mol. The first-order valence-corrected chi connectivity index (χ1v) is 7.05. The van der Waals surface area contributed by atoms with E-state index in [1.165, 1.54) is 23.5 Å². The van der Waals surface area contributed by atoms with E-state index in [-0.39, 0.29) is 24.9 Å². The molecule has 0 unspecified atom stereocenters. The average molecular weight is 320 g/mol. The predicted octanol–water partition coefficient (Wildman–Crippen LogP) is 1.74. The number of amides is 1. The minimum absolute atomic E-state index is 0.153. The molecule has 3 rings (SSSR count). The Labute approximate surface area is 130 Å². The maximum Gasteiger partial charge on any atom is 0.282 e. The molecule has 1 amide bonds. The zero-order chi connectivity index (χ0) is 16.4. The van der Waals surface area contributed by atoms with Crippen molar-refractivity contribution >= 4 is 17.7 Å². The van der Waals surface area contributed by atoms with Gasteiger partial charge < -0.3 is 10.2 Å². The van der Waals surface area contributed by atoms with Gasteiger partial charge in [0.25, 0.3) is 5.92 Å². The Hall–Kier alpha value is -2.71. The van der Waals surface area contributed by atoms with Crippen LogP contribution in [0.4, 0.5) is 20.5 Å². The second-order valence-electron chi connectivity index (χ2n) is 5.15. The number of anilines is 2. The lowest BCUT2D eigenvalue weighted by atomic mass is 10.2. The highest BCUT2D eigenvalue weighted by molar-refractivity contribution is 5.89. The summed E-state index contributed by atoms with van der Waals surface area (Å²) in [6, 6.07) is 1.58. The van der Waals surface area contributed by atoms with Gasteiger partial charge in [-0.3, -0.25) is 4.79 Å². The molecular formula is C14H14F2N6O. The molecule has 0 saturated carbocycles. The van der Waals surface area contributed by atoms with Gasteiger partial charge in [0.1, 0.15) is 5.82 Å². The lowest BCUT2D eigenvalue weighted by Crippen LogP contribution is -2.57. The third-order valence-corrected chi connectivity index (χ3v) is 3.27. The normalized spacial score (nSPS) is 15.9. The fourth-order valence-corrected chi connectivity index (χ4v) is 2.05. The van der Waals surface area contributed by atoms with Crippen LogP contribution in [-0.2, 0) is 4.79 Å². The summed E-state index contributed by atoms with van der Waals surface area (Å²) >= 11 is 0. The summed E-state index contributed by atoms with van der Waals surface area (Å²) in [6.45, 7) is 0.992. The Balaban J connectivity index is 1.74. The zero-order valence-electron chi connectivity index (χ0n) is 12.3. The van der Waals surface area contributed by atoms with Crippen LogP contribution in [-0.4, -0.2) is 44.9 Å². The molecule has 1 fully saturated rings. The van der Waals surface area contributed by atoms with Gasteiger partial charge in [-0.25, -0.2) is 28.7 Å². The molecule has 9 heteroatoms. The third kappa shape index (κ3) is 3.38. The van der Waals surface area contributed by atoms with Gasteiger partial charge in [-0.2, -0.15) is 0 Å². The van der Waals surface area contributed by atoms with Crippen molar-refractivity contribution < 1.29 is 13.6 Å². The number of hydrogen-bond donors (Lipinski definition) is 1. The molecule has 0 atom stereocenters. The van der Waals surface area contributed by atoms with E-state index < -0.39 is 5.92 Å². The molecule has 3 heterocycles. The average Bonchev–Trinajstić information content (AvgIpc) is 2.53. The van der Waals surface area contributed by atoms with Crippen molar-refractivity contribution in [1.82, 2.24) is 19.9 Å². The van der Waals surface area contributed by atoms with Gasteiger partial charge >= 0.3 is 0 Å². The summed E-state index contributed by atoms with van der Waals surface area (Å²) in [5.74, 6) is -1.85. The van der Waals surface area contributed by atoms with Crippen molar-refractivity contribution in [3.05, 3.63) is 24.7 Å². The fraction of sp³-hybridized carbons (Fsp3) is 0.357. The summed E-state index contributed by atoms with van der Waals surface area (Å²) < 4.78 is 25.7. The van der Waals surface area contributed by atoms with E-state index in [1.807, 2.05) is 0 Å². The van der Waals surface area contributed by atoms with E-state index in [1.54, 1.807) is 13.0 Å². The molecule has 0 bridgehead atoms. The Morgan fingerprint density at radius 3 is 2.61 bits per heavy atom. The van der Waals surface area contributed by atoms with Crippen LogP contribution < -0.4 is 10.2 Å². The molecule has 0 aliphatic carbocycles. The highest BCUT2D eigenvalue weighted by atomic mass is 19.3. The SMILES string of the molecule is CCC(=O)Nc1ccnc(-c2cnc(N3CC(F)(F)C3)nc2)n1. The molecule has 1 aliphatic rings. The summed E-state index contributed by atoms with van der Waals surface area (Å²) in [4.78, 5) is 29.2. The summed E-state index contributed by atoms with van der Waals surface area (Å²) in [5.41, 5.74) is 0.536. The summed E-state index contributed by atoms with van der Waals surface area (Å²) in [6.07, 6.45) is 4.80. The Morgan fingerprint density at radius 2 is 2.00 bits per heavy atom. The van der Waals surface area contributed by atoms with Crippen molar-refractivity contribution in [1.29, 1.82) is 0 Å². The van der Waals surface area contributed by atoms with Crippen LogP contribution in [0.5, 0.6) is 0 Å². The molecule has 120 valence electrons. The van der Waals surface area contributed by atoms with E-state index in [4.69, 9.17) is 0 Å². The molecule has 7 nitrogen and oxygen atoms in total. The van der Waals surface area contributed by atoms with Crippen molar-refractivity contribution in [3.8, 4) is 11.4 Å². The quantitative estimate of drug-likeness (QED) is 0.924. The number of rotatable bonds is 4. The van der Waals surface area contributed by atoms with Crippen LogP contribution in [0.15, 0.2) is 24.7 Å². The predicted molar refractivity (Wildman–Crippen MR) is 79.1 cm³/mol. The number of carbonyl (C=O) groups is 1. The van der Waals surface area contributed by atoms with Crippen LogP contribution in [0.25, 0.3) is 11.4 Å². The van der Waals surface area contributed by atoms with E-state index in [0.717, 1.165) is 0 Å². The smallest absolute Gasteiger partial charge is 0.282 e. The second-order valence-corrected chi connectivity index (χ2v) is 5.15. The van der Waals surface area contributed by atoms with Crippen molar-refractivity contribution in [2.45, 2.75) is 19.3 Å². The Bertz CT molecular complexity index is 713. The number of aromatic nitrogens is 4. The molecule has 0 spiro atoms. The molecule has 2 aromatic heterocycles. The van der Waals surface area contributed by atoms with Crippen LogP contribution in [0.1, 0.15) is 13.3 Å². The van der Waals surface area contributed by atoms with Gasteiger partial charge in [-0.05, 0) is 6.07 Å². The highest BCUT2D eigenvalue weighted by Crippen LogP contribution is 2.29. The zero-order valence-corrected chi connectivity index (χ0v) is 12.3. The number of nitrogens with zero attached hydrogens (tertiary/aromatic N) is 5. The first-order valence-electron chi connectivity index (χ1n) is 7.05. The van der Waals surface area contributed by atoms with Crippen molar-refractivity contribution in [2.75, 3.05) is 23.3 Å². The highest BCUT2D eigenvalue weighted by Gasteiger charge is 2.45. The third-order valence-electron chi connectivity index (χ3n) is 3.27. The number of hydrogen-bond acceptors (Lipinski definition) is 6. The van der Waals surface area contributed by atoms with E-state index in [9.17, 15) is 13.6 Å². The minimum Gasteiger partial charge on any atom is -0.329 e. The van der Waals surface area contributed by atoms with Gasteiger partial charge in [0.2, 0.25) is 11.9 Å². The number of carbonyl (C=O) groups excluding carboxylic acids is 1. The minimum atomic E-state index is -2.67. The number of alkyl halides is 2. The largest absolute Gasteiger partial charge is 0.329 e. The van der Waals surface area contributed by atoms with E-state index in [2.05, 4.69) is 25.3 Å². The fourth-order valence-electron chi connectivity index (χ4n) is 2.05. The number of nitrogens with one attached hydrogen (secondary N) is 1. The Kier molecular flexibility index (Phi) is 3.85. The van der Waals surface area contributed by atoms with Gasteiger partial charge in [-0.15, -0.1) is 0 Å². The van der Waals surface area contributed by atoms with Crippen molar-refractivity contribution in [2.24, 2.45) is 0 Å². The topological polar surface area (TPSA) is 83.9 Å². The molecule has 23 heavy (non-hydrogen) atoms. The molecule has 0 radical (unpaired) electrons. The molecule has 2 aromatic rings. The molecule has 1 aliphatic heterocycles. The molecule has 1 saturated heterocycles. The maximum absolute atomic E-state index is 12.8. The van der Waals surface area contributed by atoms with Crippen LogP contribution in [0.3, 0.4) is 0 Å². The van der Waals surface area contributed by atoms with E-state index >= 15 is 0 Å². The lowest BCUT2D eigenvalue weighted by Gasteiger charge is -2.38. The first-order chi connectivity index (χ1) is 11.0. The maximum atomic E-state index is 12.8. The van der Waals surface area contributed by atoms with Gasteiger partial charge in [0, 0.05) is 25.0 Å². The summed E-state index contributed by atoms with van der Waals surface area (Å²) in [7, 11) is 0. The van der Waals surface area contributed by atoms with Crippen LogP contribution in [0, 0.1) is 0 Å². The first kappa shape index (κ1) is 15.2. The summed E-state index contributed by atoms with van der Waals surface area (Å²) in [5, 5.41) is 2.64. The van der Waals surface area contributed by atoms with Gasteiger partial charge in [-0.1, -0.05) is 6.92 Å². The molecular weight excluding hydrogens is 306 g/mol. The van der Waals surface area contributed by atoms with Crippen molar-refractivity contribution in [3.63, 3.8) is 0 Å². The van der Waals surface area contributed by atoms with E-state index in [0.29, 0.717) is 23.6 Å². The Morgan fingerprint density at radius 1 is 1.30 bits per heavy atom. The second kappa shape index (κ2) is 5.82. The lowest BCUT2D eigenvalue weighted by molar-refractivity contribution is -0.115. The standard InChI is InChI=1S/C14H14F2N6O/c1-2-11(23)20-10-3-4-17-12(21-10)9-5-18-13(19-6-9)22-7-14(15,16)8-22/h3-6H,2,7-8H2,1H3,(H,17,20,21,23). The number of halogens is 2. The van der Waals surface area contributed by atoms with Gasteiger partial charge in [0.15, 0.2) is 5.82 Å². The van der Waals surface area contributed by atoms with Gasteiger partial charge in [0.05, 0.1) is 18.7 Å². The molecule has 0 aromatic carbocycles.